The second-order valence-corrected chi connectivity index (χ2v) is 7.00. The van der Waals surface area contributed by atoms with Crippen LogP contribution in [0.5, 0.6) is 0 Å². The summed E-state index contributed by atoms with van der Waals surface area (Å²) >= 11 is 0. The Labute approximate surface area is 156 Å². The molecule has 2 aliphatic rings. The number of ether oxygens (including phenoxy) is 1. The first-order valence-electron chi connectivity index (χ1n) is 8.80. The molecule has 9 heteroatoms. The Morgan fingerprint density at radius 1 is 1.33 bits per heavy atom. The number of nitrogens with two attached hydrogens (primary N) is 1. The molecule has 0 spiro atoms. The lowest BCUT2D eigenvalue weighted by molar-refractivity contribution is -0.130. The smallest absolute Gasteiger partial charge is 0.338 e. The van der Waals surface area contributed by atoms with Crippen LogP contribution < -0.4 is 21.3 Å². The summed E-state index contributed by atoms with van der Waals surface area (Å²) in [7, 11) is 0. The monoisotopic (exact) mass is 374 g/mol. The number of urea groups is 1. The van der Waals surface area contributed by atoms with Crippen molar-refractivity contribution in [3.63, 3.8) is 0 Å². The second kappa shape index (κ2) is 7.26. The zero-order valence-electron chi connectivity index (χ0n) is 15.2. The Morgan fingerprint density at radius 3 is 2.74 bits per heavy atom. The third-order valence-corrected chi connectivity index (χ3v) is 4.70. The van der Waals surface area contributed by atoms with Gasteiger partial charge in [-0.1, -0.05) is 13.8 Å². The fraction of sp³-hybridized carbons (Fsp3) is 0.444. The largest absolute Gasteiger partial charge is 0.448 e. The van der Waals surface area contributed by atoms with Crippen LogP contribution in [0, 0.1) is 5.92 Å². The van der Waals surface area contributed by atoms with Crippen LogP contribution in [0.4, 0.5) is 16.2 Å². The van der Waals surface area contributed by atoms with Crippen LogP contribution in [0.2, 0.25) is 0 Å². The van der Waals surface area contributed by atoms with E-state index in [9.17, 15) is 19.2 Å². The van der Waals surface area contributed by atoms with Crippen LogP contribution in [0.1, 0.15) is 37.0 Å². The average molecular weight is 374 g/mol. The van der Waals surface area contributed by atoms with Crippen molar-refractivity contribution in [3.8, 4) is 0 Å². The SMILES string of the molecule is CC(C)[C@H](OC(=O)c1ccc2c(c1)NC(=O)[C@@H]1CCCN21)C(=O)NC(N)=O. The van der Waals surface area contributed by atoms with Crippen molar-refractivity contribution >= 4 is 35.2 Å². The Morgan fingerprint density at radius 2 is 2.07 bits per heavy atom. The molecule has 4 N–H and O–H groups in total. The predicted molar refractivity (Wildman–Crippen MR) is 97.2 cm³/mol. The van der Waals surface area contributed by atoms with E-state index in [1.165, 1.54) is 6.07 Å². The molecule has 0 saturated carbocycles. The van der Waals surface area contributed by atoms with Gasteiger partial charge in [-0.3, -0.25) is 14.9 Å². The number of anilines is 2. The number of esters is 1. The summed E-state index contributed by atoms with van der Waals surface area (Å²) in [6.45, 7) is 4.15. The third kappa shape index (κ3) is 3.71. The first-order valence-corrected chi connectivity index (χ1v) is 8.80. The van der Waals surface area contributed by atoms with Crippen LogP contribution in [-0.2, 0) is 14.3 Å². The number of carbonyl (C=O) groups excluding carboxylic acids is 4. The Bertz CT molecular complexity index is 807. The molecule has 4 amide bonds. The maximum absolute atomic E-state index is 12.5. The predicted octanol–water partition coefficient (Wildman–Crippen LogP) is 0.984. The molecule has 3 rings (SSSR count). The van der Waals surface area contributed by atoms with Gasteiger partial charge in [-0.15, -0.1) is 0 Å². The molecule has 0 bridgehead atoms. The molecule has 0 unspecified atom stereocenters. The molecule has 1 aromatic carbocycles. The lowest BCUT2D eigenvalue weighted by Crippen LogP contribution is -2.45. The van der Waals surface area contributed by atoms with Crippen LogP contribution in [0.15, 0.2) is 18.2 Å². The Balaban J connectivity index is 1.79. The first-order chi connectivity index (χ1) is 12.8. The van der Waals surface area contributed by atoms with Gasteiger partial charge in [0, 0.05) is 6.54 Å². The summed E-state index contributed by atoms with van der Waals surface area (Å²) in [5.74, 6) is -1.96. The van der Waals surface area contributed by atoms with E-state index in [1.807, 2.05) is 10.2 Å². The van der Waals surface area contributed by atoms with Gasteiger partial charge >= 0.3 is 12.0 Å². The van der Waals surface area contributed by atoms with Crippen LogP contribution in [-0.4, -0.2) is 42.5 Å². The van der Waals surface area contributed by atoms with Crippen LogP contribution in [0.25, 0.3) is 0 Å². The van der Waals surface area contributed by atoms with E-state index in [0.717, 1.165) is 25.1 Å². The van der Waals surface area contributed by atoms with Gasteiger partial charge in [0.2, 0.25) is 5.91 Å². The molecule has 0 aromatic heterocycles. The Hall–Kier alpha value is -3.10. The minimum atomic E-state index is -1.17. The molecule has 144 valence electrons. The summed E-state index contributed by atoms with van der Waals surface area (Å²) in [4.78, 5) is 49.6. The zero-order valence-corrected chi connectivity index (χ0v) is 15.2. The molecule has 0 aliphatic carbocycles. The van der Waals surface area contributed by atoms with Crippen LogP contribution in [0.3, 0.4) is 0 Å². The van der Waals surface area contributed by atoms with Crippen molar-refractivity contribution in [1.29, 1.82) is 0 Å². The molecule has 27 heavy (non-hydrogen) atoms. The molecule has 2 heterocycles. The van der Waals surface area contributed by atoms with Crippen molar-refractivity contribution in [2.75, 3.05) is 16.8 Å². The number of fused-ring (bicyclic) bond motifs is 3. The fourth-order valence-electron chi connectivity index (χ4n) is 3.43. The lowest BCUT2D eigenvalue weighted by atomic mass is 10.1. The lowest BCUT2D eigenvalue weighted by Gasteiger charge is -2.33. The minimum absolute atomic E-state index is 0.0913. The summed E-state index contributed by atoms with van der Waals surface area (Å²) in [5.41, 5.74) is 6.55. The van der Waals surface area contributed by atoms with E-state index >= 15 is 0 Å². The van der Waals surface area contributed by atoms with Gasteiger partial charge in [-0.25, -0.2) is 9.59 Å². The molecule has 1 saturated heterocycles. The number of imide groups is 1. The molecular formula is C18H22N4O5. The maximum Gasteiger partial charge on any atom is 0.338 e. The average Bonchev–Trinajstić information content (AvgIpc) is 3.08. The van der Waals surface area contributed by atoms with Crippen molar-refractivity contribution in [1.82, 2.24) is 5.32 Å². The summed E-state index contributed by atoms with van der Waals surface area (Å²) < 4.78 is 5.28. The number of benzene rings is 1. The second-order valence-electron chi connectivity index (χ2n) is 7.00. The van der Waals surface area contributed by atoms with Crippen molar-refractivity contribution in [3.05, 3.63) is 23.8 Å². The zero-order chi connectivity index (χ0) is 19.7. The highest BCUT2D eigenvalue weighted by molar-refractivity contribution is 6.06. The molecule has 2 atom stereocenters. The normalized spacial score (nSPS) is 19.0. The fourth-order valence-corrected chi connectivity index (χ4v) is 3.43. The minimum Gasteiger partial charge on any atom is -0.448 e. The molecule has 0 radical (unpaired) electrons. The van der Waals surface area contributed by atoms with E-state index in [-0.39, 0.29) is 23.4 Å². The number of nitrogens with zero attached hydrogens (tertiary/aromatic N) is 1. The first kappa shape index (κ1) is 18.7. The molecule has 2 aliphatic heterocycles. The topological polar surface area (TPSA) is 131 Å². The molecule has 9 nitrogen and oxygen atoms in total. The van der Waals surface area contributed by atoms with E-state index in [0.29, 0.717) is 5.69 Å². The highest BCUT2D eigenvalue weighted by Gasteiger charge is 2.36. The summed E-state index contributed by atoms with van der Waals surface area (Å²) in [6, 6.07) is 3.71. The number of amides is 4. The van der Waals surface area contributed by atoms with Gasteiger partial charge in [-0.05, 0) is 37.0 Å². The third-order valence-electron chi connectivity index (χ3n) is 4.70. The number of rotatable bonds is 4. The van der Waals surface area contributed by atoms with Crippen molar-refractivity contribution < 1.29 is 23.9 Å². The van der Waals surface area contributed by atoms with E-state index in [2.05, 4.69) is 5.32 Å². The number of hydrogen-bond donors (Lipinski definition) is 3. The van der Waals surface area contributed by atoms with E-state index < -0.39 is 24.0 Å². The molecule has 1 aromatic rings. The highest BCUT2D eigenvalue weighted by Crippen LogP contribution is 2.37. The van der Waals surface area contributed by atoms with Gasteiger partial charge in [0.25, 0.3) is 5.91 Å². The summed E-state index contributed by atoms with van der Waals surface area (Å²) in [6.07, 6.45) is 0.575. The Kier molecular flexibility index (Phi) is 5.02. The quantitative estimate of drug-likeness (QED) is 0.674. The number of hydrogen-bond acceptors (Lipinski definition) is 6. The van der Waals surface area contributed by atoms with Gasteiger partial charge < -0.3 is 20.7 Å². The maximum atomic E-state index is 12.5. The van der Waals surface area contributed by atoms with Gasteiger partial charge in [0.05, 0.1) is 16.9 Å². The molecular weight excluding hydrogens is 352 g/mol. The number of primary amides is 1. The number of nitrogens with one attached hydrogen (secondary N) is 2. The molecule has 1 fully saturated rings. The van der Waals surface area contributed by atoms with Gasteiger partial charge in [0.1, 0.15) is 6.04 Å². The van der Waals surface area contributed by atoms with Gasteiger partial charge in [-0.2, -0.15) is 0 Å². The van der Waals surface area contributed by atoms with Crippen molar-refractivity contribution in [2.24, 2.45) is 11.7 Å². The van der Waals surface area contributed by atoms with Gasteiger partial charge in [0.15, 0.2) is 6.10 Å². The number of carbonyl (C=O) groups is 4. The van der Waals surface area contributed by atoms with E-state index in [1.54, 1.807) is 26.0 Å². The highest BCUT2D eigenvalue weighted by atomic mass is 16.5. The standard InChI is InChI=1S/C18H22N4O5/c1-9(2)14(16(24)21-18(19)26)27-17(25)10-5-6-12-11(8-10)20-15(23)13-4-3-7-22(12)13/h5-6,8-9,13-14H,3-4,7H2,1-2H3,(H,20,23)(H3,19,21,24,26)/t13-,14-/m0/s1. The van der Waals surface area contributed by atoms with Crippen molar-refractivity contribution in [2.45, 2.75) is 38.8 Å². The van der Waals surface area contributed by atoms with E-state index in [4.69, 9.17) is 10.5 Å². The van der Waals surface area contributed by atoms with Crippen LogP contribution >= 0.6 is 0 Å². The summed E-state index contributed by atoms with van der Waals surface area (Å²) in [5, 5.41) is 4.74.